The fourth-order valence-corrected chi connectivity index (χ4v) is 5.20. The number of aryl methyl sites for hydroxylation is 2. The Balaban J connectivity index is 1.25. The van der Waals surface area contributed by atoms with E-state index in [0.29, 0.717) is 5.75 Å². The van der Waals surface area contributed by atoms with Crippen molar-refractivity contribution in [1.82, 2.24) is 9.88 Å². The minimum absolute atomic E-state index is 0.0226. The standard InChI is InChI=1S/C20H25N3OS2/c24-19(14-25-18-8-7-15-5-4-6-16(15)11-18)22-20-21-17(13-26-20)12-23-9-2-1-3-10-23/h7-8,11,13H,1-6,9-10,12,14H2,(H,21,22,24). The second-order valence-electron chi connectivity index (χ2n) is 7.10. The van der Waals surface area contributed by atoms with Gasteiger partial charge in [-0.05, 0) is 68.5 Å². The summed E-state index contributed by atoms with van der Waals surface area (Å²) in [5.41, 5.74) is 4.00. The molecule has 0 radical (unpaired) electrons. The zero-order chi connectivity index (χ0) is 17.8. The van der Waals surface area contributed by atoms with Gasteiger partial charge in [-0.2, -0.15) is 0 Å². The molecule has 2 heterocycles. The second kappa shape index (κ2) is 8.55. The summed E-state index contributed by atoms with van der Waals surface area (Å²) in [5.74, 6) is 0.453. The SMILES string of the molecule is O=C(CSc1ccc2c(c1)CCC2)Nc1nc(CN2CCCCC2)cs1. The van der Waals surface area contributed by atoms with Crippen LogP contribution >= 0.6 is 23.1 Å². The highest BCUT2D eigenvalue weighted by Gasteiger charge is 2.14. The van der Waals surface area contributed by atoms with Gasteiger partial charge in [-0.1, -0.05) is 12.5 Å². The van der Waals surface area contributed by atoms with Crippen LogP contribution in [0.15, 0.2) is 28.5 Å². The summed E-state index contributed by atoms with van der Waals surface area (Å²) in [6, 6.07) is 6.61. The molecule has 1 saturated heterocycles. The highest BCUT2D eigenvalue weighted by atomic mass is 32.2. The molecule has 1 aromatic heterocycles. The van der Waals surface area contributed by atoms with Crippen LogP contribution in [0.5, 0.6) is 0 Å². The zero-order valence-electron chi connectivity index (χ0n) is 15.0. The molecule has 2 aromatic rings. The first-order valence-electron chi connectivity index (χ1n) is 9.47. The van der Waals surface area contributed by atoms with Crippen LogP contribution in [0.4, 0.5) is 5.13 Å². The Bertz CT molecular complexity index is 768. The van der Waals surface area contributed by atoms with E-state index in [4.69, 9.17) is 0 Å². The summed E-state index contributed by atoms with van der Waals surface area (Å²) in [4.78, 5) is 20.5. The molecule has 0 saturated carbocycles. The molecule has 4 rings (SSSR count). The molecular formula is C20H25N3OS2. The number of thiazole rings is 1. The molecule has 6 heteroatoms. The summed E-state index contributed by atoms with van der Waals surface area (Å²) in [5, 5.41) is 5.74. The largest absolute Gasteiger partial charge is 0.301 e. The fraction of sp³-hybridized carbons (Fsp3) is 0.500. The minimum atomic E-state index is 0.0226. The molecule has 1 aliphatic heterocycles. The maximum absolute atomic E-state index is 12.2. The second-order valence-corrected chi connectivity index (χ2v) is 9.01. The number of fused-ring (bicyclic) bond motifs is 1. The van der Waals surface area contributed by atoms with Gasteiger partial charge < -0.3 is 5.32 Å². The molecular weight excluding hydrogens is 362 g/mol. The van der Waals surface area contributed by atoms with Crippen molar-refractivity contribution in [3.63, 3.8) is 0 Å². The van der Waals surface area contributed by atoms with E-state index in [-0.39, 0.29) is 5.91 Å². The molecule has 0 atom stereocenters. The number of hydrogen-bond acceptors (Lipinski definition) is 5. The molecule has 0 spiro atoms. The Morgan fingerprint density at radius 1 is 1.15 bits per heavy atom. The number of aromatic nitrogens is 1. The number of nitrogens with one attached hydrogen (secondary N) is 1. The quantitative estimate of drug-likeness (QED) is 0.749. The van der Waals surface area contributed by atoms with Crippen LogP contribution in [0.25, 0.3) is 0 Å². The van der Waals surface area contributed by atoms with Crippen molar-refractivity contribution in [2.24, 2.45) is 0 Å². The lowest BCUT2D eigenvalue weighted by atomic mass is 10.1. The third-order valence-corrected chi connectivity index (χ3v) is 6.87. The molecule has 1 aromatic carbocycles. The van der Waals surface area contributed by atoms with Gasteiger partial charge in [0.2, 0.25) is 5.91 Å². The van der Waals surface area contributed by atoms with Crippen molar-refractivity contribution in [2.75, 3.05) is 24.2 Å². The monoisotopic (exact) mass is 387 g/mol. The first kappa shape index (κ1) is 18.0. The van der Waals surface area contributed by atoms with E-state index in [1.54, 1.807) is 11.8 Å². The molecule has 1 amide bonds. The number of piperidine rings is 1. The minimum Gasteiger partial charge on any atom is -0.301 e. The Labute approximate surface area is 163 Å². The Morgan fingerprint density at radius 2 is 2.00 bits per heavy atom. The lowest BCUT2D eigenvalue weighted by molar-refractivity contribution is -0.113. The van der Waals surface area contributed by atoms with E-state index in [2.05, 4.69) is 38.8 Å². The number of thioether (sulfide) groups is 1. The third kappa shape index (κ3) is 4.67. The van der Waals surface area contributed by atoms with E-state index in [1.165, 1.54) is 65.9 Å². The van der Waals surface area contributed by atoms with Gasteiger partial charge in [0.1, 0.15) is 0 Å². The number of amides is 1. The van der Waals surface area contributed by atoms with Crippen LogP contribution in [-0.4, -0.2) is 34.6 Å². The number of hydrogen-bond donors (Lipinski definition) is 1. The zero-order valence-corrected chi connectivity index (χ0v) is 16.6. The predicted octanol–water partition coefficient (Wildman–Crippen LogP) is 4.35. The number of nitrogens with zero attached hydrogens (tertiary/aromatic N) is 2. The van der Waals surface area contributed by atoms with Gasteiger partial charge in [-0.3, -0.25) is 9.69 Å². The van der Waals surface area contributed by atoms with E-state index in [1.807, 2.05) is 0 Å². The summed E-state index contributed by atoms with van der Waals surface area (Å²) >= 11 is 3.13. The predicted molar refractivity (Wildman–Crippen MR) is 109 cm³/mol. The summed E-state index contributed by atoms with van der Waals surface area (Å²) in [6.07, 6.45) is 7.55. The topological polar surface area (TPSA) is 45.2 Å². The molecule has 2 aliphatic rings. The van der Waals surface area contributed by atoms with Gasteiger partial charge in [0.15, 0.2) is 5.13 Å². The normalized spacial score (nSPS) is 17.2. The Hall–Kier alpha value is -1.37. The molecule has 4 nitrogen and oxygen atoms in total. The molecule has 0 unspecified atom stereocenters. The highest BCUT2D eigenvalue weighted by Crippen LogP contribution is 2.27. The maximum atomic E-state index is 12.2. The van der Waals surface area contributed by atoms with Gasteiger partial charge in [-0.25, -0.2) is 4.98 Å². The summed E-state index contributed by atoms with van der Waals surface area (Å²) in [6.45, 7) is 3.23. The average Bonchev–Trinajstić information content (AvgIpc) is 3.29. The van der Waals surface area contributed by atoms with E-state index in [0.717, 1.165) is 30.5 Å². The van der Waals surface area contributed by atoms with Crippen LogP contribution in [0, 0.1) is 0 Å². The third-order valence-electron chi connectivity index (χ3n) is 5.07. The van der Waals surface area contributed by atoms with Crippen molar-refractivity contribution in [1.29, 1.82) is 0 Å². The molecule has 138 valence electrons. The molecule has 0 bridgehead atoms. The van der Waals surface area contributed by atoms with Crippen LogP contribution in [-0.2, 0) is 24.2 Å². The molecule has 26 heavy (non-hydrogen) atoms. The van der Waals surface area contributed by atoms with Crippen LogP contribution in [0.1, 0.15) is 42.5 Å². The molecule has 1 aliphatic carbocycles. The smallest absolute Gasteiger partial charge is 0.236 e. The van der Waals surface area contributed by atoms with Crippen LogP contribution in [0.3, 0.4) is 0 Å². The van der Waals surface area contributed by atoms with E-state index in [9.17, 15) is 4.79 Å². The summed E-state index contributed by atoms with van der Waals surface area (Å²) in [7, 11) is 0. The van der Waals surface area contributed by atoms with E-state index >= 15 is 0 Å². The van der Waals surface area contributed by atoms with Crippen LogP contribution in [0.2, 0.25) is 0 Å². The van der Waals surface area contributed by atoms with Crippen molar-refractivity contribution in [2.45, 2.75) is 50.0 Å². The lowest BCUT2D eigenvalue weighted by Gasteiger charge is -2.25. The lowest BCUT2D eigenvalue weighted by Crippen LogP contribution is -2.29. The molecule has 1 N–H and O–H groups in total. The van der Waals surface area contributed by atoms with Gasteiger partial charge >= 0.3 is 0 Å². The van der Waals surface area contributed by atoms with Crippen LogP contribution < -0.4 is 5.32 Å². The van der Waals surface area contributed by atoms with Gasteiger partial charge in [0, 0.05) is 16.8 Å². The number of benzene rings is 1. The number of likely N-dealkylation sites (tertiary alicyclic amines) is 1. The maximum Gasteiger partial charge on any atom is 0.236 e. The Morgan fingerprint density at radius 3 is 2.88 bits per heavy atom. The van der Waals surface area contributed by atoms with Crippen molar-refractivity contribution < 1.29 is 4.79 Å². The van der Waals surface area contributed by atoms with Gasteiger partial charge in [-0.15, -0.1) is 23.1 Å². The molecule has 1 fully saturated rings. The first-order valence-corrected chi connectivity index (χ1v) is 11.3. The Kier molecular flexibility index (Phi) is 5.92. The first-order chi connectivity index (χ1) is 12.8. The van der Waals surface area contributed by atoms with Crippen molar-refractivity contribution in [3.05, 3.63) is 40.4 Å². The van der Waals surface area contributed by atoms with Gasteiger partial charge in [0.05, 0.1) is 11.4 Å². The van der Waals surface area contributed by atoms with Crippen molar-refractivity contribution >= 4 is 34.1 Å². The van der Waals surface area contributed by atoms with Crippen molar-refractivity contribution in [3.8, 4) is 0 Å². The number of carbonyl (C=O) groups is 1. The highest BCUT2D eigenvalue weighted by molar-refractivity contribution is 8.00. The van der Waals surface area contributed by atoms with Gasteiger partial charge in [0.25, 0.3) is 0 Å². The average molecular weight is 388 g/mol. The summed E-state index contributed by atoms with van der Waals surface area (Å²) < 4.78 is 0. The fourth-order valence-electron chi connectivity index (χ4n) is 3.73. The van der Waals surface area contributed by atoms with E-state index < -0.39 is 0 Å². The number of carbonyl (C=O) groups excluding carboxylic acids is 1. The number of anilines is 1. The number of rotatable bonds is 6.